The molecule has 0 saturated heterocycles. The Morgan fingerprint density at radius 2 is 1.14 bits per heavy atom. The highest BCUT2D eigenvalue weighted by Crippen LogP contribution is 2.37. The first-order chi connectivity index (χ1) is 18.3. The zero-order valence-electron chi connectivity index (χ0n) is 21.4. The van der Waals surface area contributed by atoms with Crippen molar-refractivity contribution >= 4 is 17.1 Å². The Bertz CT molecular complexity index is 1310. The molecular weight excluding hydrogens is 450 g/mol. The van der Waals surface area contributed by atoms with Crippen LogP contribution >= 0.6 is 0 Å². The molecule has 0 N–H and O–H groups in total. The number of benzene rings is 3. The summed E-state index contributed by atoms with van der Waals surface area (Å²) in [6.45, 7) is 2.26. The minimum atomic E-state index is 0.967. The number of hydrogen-bond donors (Lipinski definition) is 0. The van der Waals surface area contributed by atoms with Gasteiger partial charge >= 0.3 is 0 Å². The third kappa shape index (κ3) is 6.13. The minimum Gasteiger partial charge on any atom is -0.310 e. The predicted octanol–water partition coefficient (Wildman–Crippen LogP) is 9.40. The van der Waals surface area contributed by atoms with Crippen LogP contribution in [0.25, 0.3) is 22.5 Å². The van der Waals surface area contributed by atoms with Crippen molar-refractivity contribution in [3.63, 3.8) is 0 Å². The molecule has 0 spiro atoms. The second-order valence-corrected chi connectivity index (χ2v) is 9.34. The van der Waals surface area contributed by atoms with Crippen molar-refractivity contribution < 1.29 is 0 Å². The van der Waals surface area contributed by atoms with Gasteiger partial charge in [-0.05, 0) is 79.1 Å². The molecule has 0 amide bonds. The predicted molar refractivity (Wildman–Crippen MR) is 155 cm³/mol. The molecule has 0 aliphatic carbocycles. The topological polar surface area (TPSA) is 29.0 Å². The second-order valence-electron chi connectivity index (χ2n) is 9.34. The molecule has 5 aromatic rings. The van der Waals surface area contributed by atoms with Crippen LogP contribution in [0, 0.1) is 0 Å². The van der Waals surface area contributed by atoms with Crippen LogP contribution in [-0.4, -0.2) is 9.97 Å². The van der Waals surface area contributed by atoms with E-state index in [4.69, 9.17) is 0 Å². The van der Waals surface area contributed by atoms with Gasteiger partial charge in [-0.15, -0.1) is 0 Å². The summed E-state index contributed by atoms with van der Waals surface area (Å²) in [6.07, 6.45) is 9.93. The number of anilines is 3. The molecule has 0 aliphatic rings. The third-order valence-electron chi connectivity index (χ3n) is 6.64. The third-order valence-corrected chi connectivity index (χ3v) is 6.64. The van der Waals surface area contributed by atoms with E-state index in [1.807, 2.05) is 36.7 Å². The van der Waals surface area contributed by atoms with Crippen molar-refractivity contribution in [2.75, 3.05) is 4.90 Å². The highest BCUT2D eigenvalue weighted by atomic mass is 15.1. The molecule has 0 saturated carbocycles. The first-order valence-corrected chi connectivity index (χ1v) is 13.2. The van der Waals surface area contributed by atoms with Crippen LogP contribution in [0.15, 0.2) is 122 Å². The van der Waals surface area contributed by atoms with Crippen LogP contribution in [0.3, 0.4) is 0 Å². The SMILES string of the molecule is CCCCCCc1ccc(N(c2cccc(-c3ccccn3)c2)c2cccc(-c3ccccn3)c2)cc1. The van der Waals surface area contributed by atoms with Crippen LogP contribution in [0.1, 0.15) is 38.2 Å². The Kier molecular flexibility index (Phi) is 8.02. The van der Waals surface area contributed by atoms with E-state index in [0.717, 1.165) is 46.0 Å². The summed E-state index contributed by atoms with van der Waals surface area (Å²) in [5.41, 5.74) is 8.84. The monoisotopic (exact) mass is 483 g/mol. The van der Waals surface area contributed by atoms with Gasteiger partial charge in [0.1, 0.15) is 0 Å². The lowest BCUT2D eigenvalue weighted by Gasteiger charge is -2.26. The summed E-state index contributed by atoms with van der Waals surface area (Å²) >= 11 is 0. The number of aryl methyl sites for hydroxylation is 1. The summed E-state index contributed by atoms with van der Waals surface area (Å²) < 4.78 is 0. The van der Waals surface area contributed by atoms with E-state index < -0.39 is 0 Å². The minimum absolute atomic E-state index is 0.967. The molecule has 184 valence electrons. The van der Waals surface area contributed by atoms with Crippen LogP contribution in [0.5, 0.6) is 0 Å². The lowest BCUT2D eigenvalue weighted by molar-refractivity contribution is 0.667. The maximum absolute atomic E-state index is 4.58. The van der Waals surface area contributed by atoms with Crippen molar-refractivity contribution in [1.29, 1.82) is 0 Å². The smallest absolute Gasteiger partial charge is 0.0702 e. The lowest BCUT2D eigenvalue weighted by atomic mass is 10.0. The molecule has 2 heterocycles. The van der Waals surface area contributed by atoms with Crippen molar-refractivity contribution in [2.24, 2.45) is 0 Å². The number of unbranched alkanes of at least 4 members (excludes halogenated alkanes) is 3. The Labute approximate surface area is 220 Å². The molecule has 3 aromatic carbocycles. The van der Waals surface area contributed by atoms with Gasteiger partial charge < -0.3 is 4.90 Å². The quantitative estimate of drug-likeness (QED) is 0.185. The maximum Gasteiger partial charge on any atom is 0.0702 e. The fourth-order valence-electron chi connectivity index (χ4n) is 4.69. The van der Waals surface area contributed by atoms with Gasteiger partial charge in [0.05, 0.1) is 11.4 Å². The van der Waals surface area contributed by atoms with Crippen molar-refractivity contribution in [3.05, 3.63) is 127 Å². The molecule has 2 aromatic heterocycles. The highest BCUT2D eigenvalue weighted by Gasteiger charge is 2.15. The van der Waals surface area contributed by atoms with Crippen molar-refractivity contribution in [1.82, 2.24) is 9.97 Å². The Morgan fingerprint density at radius 3 is 1.65 bits per heavy atom. The Hall–Kier alpha value is -4.24. The van der Waals surface area contributed by atoms with Crippen molar-refractivity contribution in [3.8, 4) is 22.5 Å². The van der Waals surface area contributed by atoms with Gasteiger partial charge in [0.2, 0.25) is 0 Å². The van der Waals surface area contributed by atoms with Crippen LogP contribution in [0.4, 0.5) is 17.1 Å². The van der Waals surface area contributed by atoms with E-state index in [-0.39, 0.29) is 0 Å². The molecule has 5 rings (SSSR count). The first-order valence-electron chi connectivity index (χ1n) is 13.2. The molecule has 0 aliphatic heterocycles. The molecule has 0 radical (unpaired) electrons. The number of rotatable bonds is 10. The van der Waals surface area contributed by atoms with Crippen LogP contribution < -0.4 is 4.90 Å². The molecule has 37 heavy (non-hydrogen) atoms. The summed E-state index contributed by atoms with van der Waals surface area (Å²) in [6, 6.07) is 38.3. The Morgan fingerprint density at radius 1 is 0.541 bits per heavy atom. The number of pyridine rings is 2. The van der Waals surface area contributed by atoms with E-state index in [9.17, 15) is 0 Å². The highest BCUT2D eigenvalue weighted by molar-refractivity contribution is 5.81. The lowest BCUT2D eigenvalue weighted by Crippen LogP contribution is -2.10. The molecule has 3 heteroatoms. The van der Waals surface area contributed by atoms with E-state index in [1.165, 1.54) is 31.2 Å². The summed E-state index contributed by atoms with van der Waals surface area (Å²) in [5, 5.41) is 0. The molecule has 3 nitrogen and oxygen atoms in total. The molecule has 0 unspecified atom stereocenters. The maximum atomic E-state index is 4.58. The van der Waals surface area contributed by atoms with Gasteiger partial charge in [-0.1, -0.05) is 74.7 Å². The van der Waals surface area contributed by atoms with E-state index in [2.05, 4.69) is 107 Å². The molecule has 0 atom stereocenters. The zero-order chi connectivity index (χ0) is 25.3. The average molecular weight is 484 g/mol. The normalized spacial score (nSPS) is 10.8. The van der Waals surface area contributed by atoms with Crippen molar-refractivity contribution in [2.45, 2.75) is 39.0 Å². The molecule has 0 bridgehead atoms. The van der Waals surface area contributed by atoms with E-state index in [1.54, 1.807) is 0 Å². The fourth-order valence-corrected chi connectivity index (χ4v) is 4.69. The average Bonchev–Trinajstić information content (AvgIpc) is 2.98. The number of nitrogens with zero attached hydrogens (tertiary/aromatic N) is 3. The van der Waals surface area contributed by atoms with Crippen LogP contribution in [0.2, 0.25) is 0 Å². The van der Waals surface area contributed by atoms with E-state index in [0.29, 0.717) is 0 Å². The second kappa shape index (κ2) is 12.1. The summed E-state index contributed by atoms with van der Waals surface area (Å²) in [5.74, 6) is 0. The van der Waals surface area contributed by atoms with Gasteiger partial charge in [0.25, 0.3) is 0 Å². The standard InChI is InChI=1S/C34H33N3/c1-2-3-4-5-12-27-19-21-30(22-20-27)37(31-15-10-13-28(25-31)33-17-6-8-23-35-33)32-16-11-14-29(26-32)34-18-7-9-24-36-34/h6-11,13-26H,2-5,12H2,1H3. The van der Waals surface area contributed by atoms with Gasteiger partial charge in [-0.25, -0.2) is 0 Å². The number of aromatic nitrogens is 2. The number of hydrogen-bond acceptors (Lipinski definition) is 3. The largest absolute Gasteiger partial charge is 0.310 e. The Balaban J connectivity index is 1.53. The van der Waals surface area contributed by atoms with Gasteiger partial charge in [-0.2, -0.15) is 0 Å². The van der Waals surface area contributed by atoms with E-state index >= 15 is 0 Å². The zero-order valence-corrected chi connectivity index (χ0v) is 21.4. The molecular formula is C34H33N3. The fraction of sp³-hybridized carbons (Fsp3) is 0.176. The van der Waals surface area contributed by atoms with Gasteiger partial charge in [-0.3, -0.25) is 9.97 Å². The summed E-state index contributed by atoms with van der Waals surface area (Å²) in [4.78, 5) is 11.5. The van der Waals surface area contributed by atoms with Gasteiger partial charge in [0, 0.05) is 40.6 Å². The molecule has 0 fully saturated rings. The summed E-state index contributed by atoms with van der Waals surface area (Å²) in [7, 11) is 0. The first kappa shape index (κ1) is 24.5. The van der Waals surface area contributed by atoms with Gasteiger partial charge in [0.15, 0.2) is 0 Å². The van der Waals surface area contributed by atoms with Crippen LogP contribution in [-0.2, 0) is 6.42 Å².